The van der Waals surface area contributed by atoms with Crippen molar-refractivity contribution in [2.24, 2.45) is 0 Å². The average Bonchev–Trinajstić information content (AvgIpc) is 3.51. The summed E-state index contributed by atoms with van der Waals surface area (Å²) in [7, 11) is 0. The Morgan fingerprint density at radius 3 is 2.61 bits per heavy atom. The van der Waals surface area contributed by atoms with Gasteiger partial charge < -0.3 is 19.7 Å². The number of hydrogen-bond donors (Lipinski definition) is 1. The molecule has 2 aromatic carbocycles. The molecule has 3 heterocycles. The van der Waals surface area contributed by atoms with E-state index in [2.05, 4.69) is 10.2 Å². The summed E-state index contributed by atoms with van der Waals surface area (Å²) in [6.45, 7) is 3.76. The first-order chi connectivity index (χ1) is 16.1. The van der Waals surface area contributed by atoms with Crippen molar-refractivity contribution in [1.29, 1.82) is 0 Å². The summed E-state index contributed by atoms with van der Waals surface area (Å²) < 4.78 is 10.8. The summed E-state index contributed by atoms with van der Waals surface area (Å²) in [5.74, 6) is 1.19. The number of nitrogens with one attached hydrogen (secondary N) is 1. The maximum Gasteiger partial charge on any atom is 0.265 e. The van der Waals surface area contributed by atoms with Gasteiger partial charge in [-0.3, -0.25) is 14.5 Å². The van der Waals surface area contributed by atoms with Gasteiger partial charge in [-0.25, -0.2) is 0 Å². The molecule has 1 fully saturated rings. The molecule has 1 aromatic heterocycles. The van der Waals surface area contributed by atoms with E-state index in [0.717, 1.165) is 36.7 Å². The zero-order valence-electron chi connectivity index (χ0n) is 17.8. The molecule has 170 valence electrons. The highest BCUT2D eigenvalue weighted by Crippen LogP contribution is 2.33. The number of hydrogen-bond acceptors (Lipinski definition) is 6. The first kappa shape index (κ1) is 21.8. The van der Waals surface area contributed by atoms with Crippen LogP contribution < -0.4 is 14.8 Å². The Morgan fingerprint density at radius 1 is 1.00 bits per heavy atom. The molecule has 3 aromatic rings. The smallest absolute Gasteiger partial charge is 0.265 e. The lowest BCUT2D eigenvalue weighted by Gasteiger charge is -2.35. The second kappa shape index (κ2) is 9.43. The molecule has 0 saturated carbocycles. The first-order valence-corrected chi connectivity index (χ1v) is 11.9. The van der Waals surface area contributed by atoms with Crippen LogP contribution in [0.2, 0.25) is 5.02 Å². The molecule has 0 unspecified atom stereocenters. The van der Waals surface area contributed by atoms with Crippen LogP contribution in [0.15, 0.2) is 53.9 Å². The van der Waals surface area contributed by atoms with Crippen molar-refractivity contribution in [3.8, 4) is 11.5 Å². The Hall–Kier alpha value is -3.07. The van der Waals surface area contributed by atoms with Crippen LogP contribution in [0.1, 0.15) is 25.6 Å². The third-order valence-corrected chi connectivity index (χ3v) is 6.81. The molecular formula is C24H22ClN3O4S. The molecular weight excluding hydrogens is 462 g/mol. The predicted molar refractivity (Wildman–Crippen MR) is 127 cm³/mol. The fourth-order valence-corrected chi connectivity index (χ4v) is 4.77. The number of piperazine rings is 1. The second-order valence-corrected chi connectivity index (χ2v) is 9.26. The minimum Gasteiger partial charge on any atom is -0.454 e. The van der Waals surface area contributed by atoms with Crippen LogP contribution >= 0.6 is 22.9 Å². The number of fused-ring (bicyclic) bond motifs is 1. The van der Waals surface area contributed by atoms with Crippen molar-refractivity contribution < 1.29 is 19.1 Å². The molecule has 0 radical (unpaired) electrons. The van der Waals surface area contributed by atoms with Crippen LogP contribution in [-0.4, -0.2) is 54.6 Å². The summed E-state index contributed by atoms with van der Waals surface area (Å²) in [5.41, 5.74) is 2.01. The number of ether oxygens (including phenoxy) is 2. The van der Waals surface area contributed by atoms with E-state index in [-0.39, 0.29) is 18.6 Å². The summed E-state index contributed by atoms with van der Waals surface area (Å²) in [4.78, 5) is 30.5. The topological polar surface area (TPSA) is 71.1 Å². The number of rotatable bonds is 5. The highest BCUT2D eigenvalue weighted by molar-refractivity contribution is 7.12. The monoisotopic (exact) mass is 483 g/mol. The third-order valence-electron chi connectivity index (χ3n) is 5.71. The van der Waals surface area contributed by atoms with E-state index in [1.165, 1.54) is 11.3 Å². The normalized spacial score (nSPS) is 15.5. The molecule has 0 atom stereocenters. The van der Waals surface area contributed by atoms with Crippen LogP contribution in [0, 0.1) is 0 Å². The van der Waals surface area contributed by atoms with Crippen LogP contribution in [0.4, 0.5) is 5.69 Å². The quantitative estimate of drug-likeness (QED) is 0.584. The molecule has 5 rings (SSSR count). The molecule has 7 nitrogen and oxygen atoms in total. The Kier molecular flexibility index (Phi) is 6.22. The van der Waals surface area contributed by atoms with Gasteiger partial charge in [0.1, 0.15) is 0 Å². The van der Waals surface area contributed by atoms with Crippen molar-refractivity contribution in [2.75, 3.05) is 38.3 Å². The highest BCUT2D eigenvalue weighted by Gasteiger charge is 2.25. The van der Waals surface area contributed by atoms with Crippen LogP contribution in [0.25, 0.3) is 0 Å². The van der Waals surface area contributed by atoms with E-state index >= 15 is 0 Å². The van der Waals surface area contributed by atoms with Gasteiger partial charge in [-0.2, -0.15) is 0 Å². The molecule has 9 heteroatoms. The van der Waals surface area contributed by atoms with Crippen molar-refractivity contribution in [1.82, 2.24) is 9.80 Å². The number of amides is 2. The van der Waals surface area contributed by atoms with Crippen LogP contribution in [0.3, 0.4) is 0 Å². The predicted octanol–water partition coefficient (Wildman–Crippen LogP) is 4.34. The summed E-state index contributed by atoms with van der Waals surface area (Å²) >= 11 is 7.49. The van der Waals surface area contributed by atoms with E-state index < -0.39 is 0 Å². The van der Waals surface area contributed by atoms with E-state index in [0.29, 0.717) is 34.2 Å². The highest BCUT2D eigenvalue weighted by atomic mass is 35.5. The lowest BCUT2D eigenvalue weighted by Crippen LogP contribution is -2.48. The van der Waals surface area contributed by atoms with Crippen molar-refractivity contribution in [3.63, 3.8) is 0 Å². The van der Waals surface area contributed by atoms with Gasteiger partial charge in [0, 0.05) is 37.7 Å². The van der Waals surface area contributed by atoms with Crippen molar-refractivity contribution in [3.05, 3.63) is 74.9 Å². The van der Waals surface area contributed by atoms with Gasteiger partial charge in [0.2, 0.25) is 6.79 Å². The fourth-order valence-electron chi connectivity index (χ4n) is 3.97. The summed E-state index contributed by atoms with van der Waals surface area (Å²) in [6.07, 6.45) is 0. The minimum atomic E-state index is -0.255. The van der Waals surface area contributed by atoms with Gasteiger partial charge in [0.25, 0.3) is 11.8 Å². The number of benzene rings is 2. The SMILES string of the molecule is O=C(Nc1cc(Cl)ccc1C(=O)N1CCN(Cc2ccc3c(c2)OCO3)CC1)c1cccs1. The van der Waals surface area contributed by atoms with E-state index in [4.69, 9.17) is 21.1 Å². The number of carbonyl (C=O) groups is 2. The largest absolute Gasteiger partial charge is 0.454 e. The lowest BCUT2D eigenvalue weighted by molar-refractivity contribution is 0.0629. The molecule has 2 aliphatic heterocycles. The maximum atomic E-state index is 13.3. The number of carbonyl (C=O) groups excluding carboxylic acids is 2. The average molecular weight is 484 g/mol. The number of thiophene rings is 1. The van der Waals surface area contributed by atoms with E-state index in [1.54, 1.807) is 24.3 Å². The molecule has 0 aliphatic carbocycles. The Bertz CT molecular complexity index is 1180. The van der Waals surface area contributed by atoms with Gasteiger partial charge >= 0.3 is 0 Å². The minimum absolute atomic E-state index is 0.115. The molecule has 1 saturated heterocycles. The number of nitrogens with zero attached hydrogens (tertiary/aromatic N) is 2. The molecule has 1 N–H and O–H groups in total. The maximum absolute atomic E-state index is 13.3. The van der Waals surface area contributed by atoms with Gasteiger partial charge in [0.05, 0.1) is 16.1 Å². The van der Waals surface area contributed by atoms with Gasteiger partial charge in [0.15, 0.2) is 11.5 Å². The molecule has 0 spiro atoms. The van der Waals surface area contributed by atoms with Crippen molar-refractivity contribution in [2.45, 2.75) is 6.54 Å². The van der Waals surface area contributed by atoms with Crippen molar-refractivity contribution >= 4 is 40.4 Å². The number of anilines is 1. The molecule has 0 bridgehead atoms. The standard InChI is InChI=1S/C24H22ClN3O4S/c25-17-4-5-18(19(13-17)26-23(29)22-2-1-11-33-22)24(30)28-9-7-27(8-10-28)14-16-3-6-20-21(12-16)32-15-31-20/h1-6,11-13H,7-10,14-15H2,(H,26,29). The fraction of sp³-hybridized carbons (Fsp3) is 0.250. The Labute approximate surface area is 200 Å². The Morgan fingerprint density at radius 2 is 1.82 bits per heavy atom. The van der Waals surface area contributed by atoms with Crippen LogP contribution in [-0.2, 0) is 6.54 Å². The first-order valence-electron chi connectivity index (χ1n) is 10.6. The van der Waals surface area contributed by atoms with Gasteiger partial charge in [-0.15, -0.1) is 11.3 Å². The number of halogens is 1. The second-order valence-electron chi connectivity index (χ2n) is 7.88. The lowest BCUT2D eigenvalue weighted by atomic mass is 10.1. The molecule has 2 aliphatic rings. The summed E-state index contributed by atoms with van der Waals surface area (Å²) in [6, 6.07) is 14.5. The summed E-state index contributed by atoms with van der Waals surface area (Å²) in [5, 5.41) is 5.14. The molecule has 2 amide bonds. The zero-order valence-corrected chi connectivity index (χ0v) is 19.3. The molecule has 33 heavy (non-hydrogen) atoms. The van der Waals surface area contributed by atoms with Gasteiger partial charge in [-0.1, -0.05) is 23.7 Å². The van der Waals surface area contributed by atoms with Gasteiger partial charge in [-0.05, 0) is 47.3 Å². The van der Waals surface area contributed by atoms with E-state index in [1.807, 2.05) is 34.5 Å². The van der Waals surface area contributed by atoms with E-state index in [9.17, 15) is 9.59 Å². The Balaban J connectivity index is 1.23. The zero-order chi connectivity index (χ0) is 22.8. The van der Waals surface area contributed by atoms with Crippen LogP contribution in [0.5, 0.6) is 11.5 Å². The third kappa shape index (κ3) is 4.83.